The number of nitrogens with zero attached hydrogens (tertiary/aromatic N) is 4. The van der Waals surface area contributed by atoms with Gasteiger partial charge in [0.1, 0.15) is 11.6 Å². The van der Waals surface area contributed by atoms with Crippen LogP contribution >= 0.6 is 8.46 Å². The van der Waals surface area contributed by atoms with Gasteiger partial charge in [-0.25, -0.2) is 18.7 Å². The first-order valence-corrected chi connectivity index (χ1v) is 12.7. The number of aromatic nitrogens is 2. The summed E-state index contributed by atoms with van der Waals surface area (Å²) >= 11 is 0. The van der Waals surface area contributed by atoms with Crippen molar-refractivity contribution < 1.29 is 18.1 Å². The van der Waals surface area contributed by atoms with Crippen LogP contribution < -0.4 is 15.9 Å². The van der Waals surface area contributed by atoms with Gasteiger partial charge in [0, 0.05) is 50.6 Å². The van der Waals surface area contributed by atoms with Crippen molar-refractivity contribution in [1.82, 2.24) is 14.9 Å². The number of benzene rings is 1. The predicted molar refractivity (Wildman–Crippen MR) is 132 cm³/mol. The number of piperidine rings is 2. The van der Waals surface area contributed by atoms with E-state index in [1.54, 1.807) is 0 Å². The molecular weight excluding hydrogens is 459 g/mol. The highest BCUT2D eigenvalue weighted by Crippen LogP contribution is 2.23. The first-order valence-electron chi connectivity index (χ1n) is 11.9. The smallest absolute Gasteiger partial charge is 0.225 e. The molecule has 2 aromatic rings. The third-order valence-electron chi connectivity index (χ3n) is 5.81. The van der Waals surface area contributed by atoms with Crippen LogP contribution in [0.1, 0.15) is 58.4 Å². The predicted octanol–water partition coefficient (Wildman–Crippen LogP) is 4.51. The summed E-state index contributed by atoms with van der Waals surface area (Å²) < 4.78 is 35.2. The lowest BCUT2D eigenvalue weighted by Crippen LogP contribution is -2.49. The number of halogens is 2. The summed E-state index contributed by atoms with van der Waals surface area (Å²) in [6.07, 6.45) is 9.83. The molecule has 34 heavy (non-hydrogen) atoms. The van der Waals surface area contributed by atoms with Gasteiger partial charge in [0.2, 0.25) is 11.9 Å². The van der Waals surface area contributed by atoms with Gasteiger partial charge in [-0.3, -0.25) is 9.36 Å². The molecule has 1 amide bonds. The van der Waals surface area contributed by atoms with Crippen LogP contribution in [0.5, 0.6) is 0 Å². The van der Waals surface area contributed by atoms with Crippen molar-refractivity contribution in [2.24, 2.45) is 0 Å². The summed E-state index contributed by atoms with van der Waals surface area (Å²) in [5, 5.41) is -0.225. The number of rotatable bonds is 4. The van der Waals surface area contributed by atoms with Crippen molar-refractivity contribution in [3.8, 4) is 0 Å². The molecule has 7 nitrogen and oxygen atoms in total. The molecule has 0 unspecified atom stereocenters. The molecule has 4 rings (SSSR count). The third kappa shape index (κ3) is 7.42. The number of nitrogen functional groups attached to an aromatic ring is 1. The zero-order valence-electron chi connectivity index (χ0n) is 20.1. The summed E-state index contributed by atoms with van der Waals surface area (Å²) in [6, 6.07) is 2.03. The second-order valence-corrected chi connectivity index (χ2v) is 8.59. The fraction of sp³-hybridized carbons (Fsp3) is 0.542. The molecule has 2 fully saturated rings. The van der Waals surface area contributed by atoms with Gasteiger partial charge in [0.05, 0.1) is 11.0 Å². The molecule has 0 spiro atoms. The van der Waals surface area contributed by atoms with E-state index in [0.717, 1.165) is 76.2 Å². The molecular formula is C24H34F2N5O2P. The maximum atomic E-state index is 12.6. The lowest BCUT2D eigenvalue weighted by molar-refractivity contribution is -0.136. The van der Waals surface area contributed by atoms with E-state index < -0.39 is 20.1 Å². The van der Waals surface area contributed by atoms with Gasteiger partial charge < -0.3 is 15.5 Å². The van der Waals surface area contributed by atoms with E-state index in [4.69, 9.17) is 5.73 Å². The molecule has 2 aliphatic heterocycles. The Kier molecular flexibility index (Phi) is 11.3. The summed E-state index contributed by atoms with van der Waals surface area (Å²) in [4.78, 5) is 25.3. The lowest BCUT2D eigenvalue weighted by atomic mass is 10.00. The molecule has 2 aliphatic rings. The van der Waals surface area contributed by atoms with Crippen LogP contribution in [-0.2, 0) is 15.8 Å². The highest BCUT2D eigenvalue weighted by Gasteiger charge is 2.29. The van der Waals surface area contributed by atoms with Crippen molar-refractivity contribution in [3.05, 3.63) is 41.7 Å². The number of carbonyl (C=O) groups is 1. The Labute approximate surface area is 202 Å². The van der Waals surface area contributed by atoms with Crippen LogP contribution in [0.2, 0.25) is 0 Å². The fourth-order valence-electron chi connectivity index (χ4n) is 3.91. The van der Waals surface area contributed by atoms with E-state index >= 15 is 0 Å². The van der Waals surface area contributed by atoms with Gasteiger partial charge in [0.25, 0.3) is 0 Å². The van der Waals surface area contributed by atoms with Gasteiger partial charge in [0.15, 0.2) is 8.46 Å². The Morgan fingerprint density at radius 2 is 1.71 bits per heavy atom. The van der Waals surface area contributed by atoms with Crippen LogP contribution in [0.15, 0.2) is 24.5 Å². The maximum Gasteiger partial charge on any atom is 0.225 e. The largest absolute Gasteiger partial charge is 0.396 e. The maximum absolute atomic E-state index is 12.6. The summed E-state index contributed by atoms with van der Waals surface area (Å²) in [7, 11) is -0.551. The molecule has 2 saturated heterocycles. The molecule has 0 atom stereocenters. The quantitative estimate of drug-likeness (QED) is 0.498. The molecule has 0 aliphatic carbocycles. The summed E-state index contributed by atoms with van der Waals surface area (Å²) in [5.41, 5.74) is 5.92. The molecule has 0 bridgehead atoms. The van der Waals surface area contributed by atoms with Crippen molar-refractivity contribution in [2.75, 3.05) is 30.3 Å². The topological polar surface area (TPSA) is 92.4 Å². The van der Waals surface area contributed by atoms with Crippen LogP contribution in [-0.4, -0.2) is 46.5 Å². The lowest BCUT2D eigenvalue weighted by Gasteiger charge is -2.40. The average Bonchev–Trinajstić information content (AvgIpc) is 2.88. The summed E-state index contributed by atoms with van der Waals surface area (Å²) in [6.45, 7) is 8.95. The standard InChI is InChI=1S/C16H24N4O.C6H4F2NOP.C2H6/c1-2-13-11-17-16(18-12-13)19-9-6-14(7-10-19)20-8-4-3-5-15(20)21;7-3-2-6(11-10)4(8)1-5(3)9;1-2/h11-12,14H,2-10H2,1H3;1-2H,9H2;1-2H3. The molecule has 3 heterocycles. The minimum Gasteiger partial charge on any atom is -0.396 e. The van der Waals surface area contributed by atoms with E-state index in [-0.39, 0.29) is 11.0 Å². The molecule has 10 heteroatoms. The number of carbonyl (C=O) groups excluding carboxylic acids is 1. The minimum absolute atomic E-state index is 0.225. The fourth-order valence-corrected chi connectivity index (χ4v) is 4.22. The average molecular weight is 494 g/mol. The Hall–Kier alpha value is -2.67. The number of hydrogen-bond acceptors (Lipinski definition) is 6. The molecule has 186 valence electrons. The van der Waals surface area contributed by atoms with E-state index in [9.17, 15) is 18.1 Å². The Bertz CT molecular complexity index is 938. The van der Waals surface area contributed by atoms with Gasteiger partial charge in [-0.15, -0.1) is 0 Å². The summed E-state index contributed by atoms with van der Waals surface area (Å²) in [5.74, 6) is -0.343. The van der Waals surface area contributed by atoms with Gasteiger partial charge in [-0.05, 0) is 43.7 Å². The first kappa shape index (κ1) is 27.6. The second kappa shape index (κ2) is 13.9. The van der Waals surface area contributed by atoms with Gasteiger partial charge in [-0.1, -0.05) is 20.8 Å². The van der Waals surface area contributed by atoms with E-state index in [2.05, 4.69) is 26.7 Å². The normalized spacial score (nSPS) is 16.4. The highest BCUT2D eigenvalue weighted by atomic mass is 31.1. The molecule has 0 saturated carbocycles. The van der Waals surface area contributed by atoms with Crippen molar-refractivity contribution in [1.29, 1.82) is 0 Å². The van der Waals surface area contributed by atoms with E-state index in [0.29, 0.717) is 11.9 Å². The van der Waals surface area contributed by atoms with Crippen LogP contribution in [0.3, 0.4) is 0 Å². The first-order chi connectivity index (χ1) is 16.4. The third-order valence-corrected chi connectivity index (χ3v) is 6.35. The van der Waals surface area contributed by atoms with E-state index in [1.807, 2.05) is 26.2 Å². The number of hydrogen-bond donors (Lipinski definition) is 1. The van der Waals surface area contributed by atoms with Gasteiger partial charge >= 0.3 is 0 Å². The molecule has 1 aromatic carbocycles. The Balaban J connectivity index is 0.000000266. The molecule has 0 radical (unpaired) electrons. The van der Waals surface area contributed by atoms with Crippen molar-refractivity contribution in [2.45, 2.75) is 65.3 Å². The SMILES string of the molecule is CC.CCc1cnc(N2CCC(N3CCCCC3=O)CC2)nc1.Nc1cc(F)c(P=O)cc1F. The highest BCUT2D eigenvalue weighted by molar-refractivity contribution is 7.34. The minimum atomic E-state index is -0.763. The van der Waals surface area contributed by atoms with Gasteiger partial charge in [-0.2, -0.15) is 0 Å². The number of aryl methyl sites for hydroxylation is 1. The number of amides is 1. The van der Waals surface area contributed by atoms with Crippen molar-refractivity contribution >= 4 is 31.3 Å². The molecule has 2 N–H and O–H groups in total. The van der Waals surface area contributed by atoms with Crippen LogP contribution in [0.25, 0.3) is 0 Å². The second-order valence-electron chi connectivity index (χ2n) is 7.92. The monoisotopic (exact) mass is 493 g/mol. The Morgan fingerprint density at radius 3 is 2.26 bits per heavy atom. The zero-order chi connectivity index (χ0) is 25.1. The number of likely N-dealkylation sites (tertiary alicyclic amines) is 1. The van der Waals surface area contributed by atoms with Crippen LogP contribution in [0, 0.1) is 11.6 Å². The van der Waals surface area contributed by atoms with Crippen LogP contribution in [0.4, 0.5) is 20.4 Å². The number of nitrogens with two attached hydrogens (primary N) is 1. The van der Waals surface area contributed by atoms with Crippen molar-refractivity contribution in [3.63, 3.8) is 0 Å². The number of anilines is 2. The van der Waals surface area contributed by atoms with E-state index in [1.165, 1.54) is 5.56 Å². The Morgan fingerprint density at radius 1 is 1.06 bits per heavy atom. The zero-order valence-corrected chi connectivity index (χ0v) is 21.0. The molecule has 1 aromatic heterocycles.